The summed E-state index contributed by atoms with van der Waals surface area (Å²) in [6, 6.07) is 44.4. The molecule has 0 saturated heterocycles. The van der Waals surface area contributed by atoms with Gasteiger partial charge in [-0.2, -0.15) is 0 Å². The van der Waals surface area contributed by atoms with Gasteiger partial charge in [-0.3, -0.25) is 0 Å². The largest absolute Gasteiger partial charge is 0.456 e. The van der Waals surface area contributed by atoms with E-state index in [1.807, 2.05) is 0 Å². The Morgan fingerprint density at radius 3 is 1.24 bits per heavy atom. The lowest BCUT2D eigenvalue weighted by Crippen LogP contribution is -2.53. The van der Waals surface area contributed by atoms with Crippen molar-refractivity contribution in [3.63, 3.8) is 0 Å². The highest BCUT2D eigenvalue weighted by molar-refractivity contribution is 7.00. The van der Waals surface area contributed by atoms with Gasteiger partial charge in [-0.05, 0) is 48.2 Å². The lowest BCUT2D eigenvalue weighted by Gasteiger charge is -2.36. The van der Waals surface area contributed by atoms with Crippen LogP contribution in [-0.2, 0) is 10.8 Å². The molecule has 6 aromatic carbocycles. The van der Waals surface area contributed by atoms with Crippen LogP contribution in [0.25, 0.3) is 22.3 Å². The van der Waals surface area contributed by atoms with Gasteiger partial charge in [0.1, 0.15) is 31.1 Å². The van der Waals surface area contributed by atoms with E-state index in [9.17, 15) is 0 Å². The van der Waals surface area contributed by atoms with Crippen LogP contribution in [0.5, 0.6) is 23.0 Å². The zero-order chi connectivity index (χ0) is 34.3. The van der Waals surface area contributed by atoms with Gasteiger partial charge in [0.15, 0.2) is 0 Å². The van der Waals surface area contributed by atoms with Crippen LogP contribution in [0.15, 0.2) is 121 Å². The van der Waals surface area contributed by atoms with Crippen molar-refractivity contribution in [2.24, 2.45) is 0 Å². The van der Waals surface area contributed by atoms with Gasteiger partial charge in [0.05, 0.1) is 0 Å². The second-order valence-electron chi connectivity index (χ2n) is 15.5. The molecule has 0 fully saturated rings. The number of fused-ring (bicyclic) bond motifs is 4. The Morgan fingerprint density at radius 1 is 0.429 bits per heavy atom. The van der Waals surface area contributed by atoms with Crippen LogP contribution >= 0.6 is 0 Å². The standard InChI is InChI=1S/C46H44O2Si/c1-29-23-25-31(27-35(29)33-15-13-19-39-43(33)47-41-21-11-9-17-37(41)45(39,3)4)49(7,8)32-26-24-30(2)36(28-32)34-16-14-20-40-44(34)48-42-22-12-10-18-38(42)46(40,5)6/h9-28H,1-8H3. The molecule has 0 atom stereocenters. The number of ether oxygens (including phenoxy) is 2. The van der Waals surface area contributed by atoms with Gasteiger partial charge in [0.25, 0.3) is 0 Å². The molecular formula is C46H44O2Si. The maximum absolute atomic E-state index is 6.72. The summed E-state index contributed by atoms with van der Waals surface area (Å²) in [6.45, 7) is 18.6. The molecule has 2 nitrogen and oxygen atoms in total. The molecule has 0 N–H and O–H groups in total. The molecule has 0 aliphatic carbocycles. The second-order valence-corrected chi connectivity index (χ2v) is 19.9. The van der Waals surface area contributed by atoms with Gasteiger partial charge in [-0.15, -0.1) is 0 Å². The van der Waals surface area contributed by atoms with Gasteiger partial charge in [0, 0.05) is 44.2 Å². The molecule has 2 aliphatic heterocycles. The Morgan fingerprint density at radius 2 is 0.816 bits per heavy atom. The average Bonchev–Trinajstić information content (AvgIpc) is 3.08. The predicted molar refractivity (Wildman–Crippen MR) is 207 cm³/mol. The van der Waals surface area contributed by atoms with E-state index in [-0.39, 0.29) is 10.8 Å². The molecule has 0 bridgehead atoms. The number of rotatable bonds is 4. The van der Waals surface area contributed by atoms with Gasteiger partial charge in [-0.25, -0.2) is 0 Å². The topological polar surface area (TPSA) is 18.5 Å². The van der Waals surface area contributed by atoms with E-state index in [2.05, 4.69) is 176 Å². The molecule has 2 aliphatic rings. The van der Waals surface area contributed by atoms with E-state index in [0.717, 1.165) is 34.1 Å². The van der Waals surface area contributed by atoms with E-state index >= 15 is 0 Å². The van der Waals surface area contributed by atoms with Crippen LogP contribution in [0.2, 0.25) is 13.1 Å². The molecule has 0 aromatic heterocycles. The number of hydrogen-bond acceptors (Lipinski definition) is 2. The molecule has 2 heterocycles. The van der Waals surface area contributed by atoms with Crippen LogP contribution in [0.4, 0.5) is 0 Å². The Bertz CT molecular complexity index is 2130. The molecule has 49 heavy (non-hydrogen) atoms. The van der Waals surface area contributed by atoms with E-state index < -0.39 is 8.07 Å². The average molecular weight is 657 g/mol. The number of para-hydroxylation sites is 4. The fourth-order valence-corrected chi connectivity index (χ4v) is 10.5. The van der Waals surface area contributed by atoms with E-state index in [1.165, 1.54) is 54.9 Å². The van der Waals surface area contributed by atoms with Gasteiger partial charge < -0.3 is 9.47 Å². The molecule has 0 amide bonds. The SMILES string of the molecule is Cc1ccc([Si](C)(C)c2ccc(C)c(-c3cccc4c3Oc3ccccc3C4(C)C)c2)cc1-c1cccc2c1Oc1ccccc1C2(C)C. The molecular weight excluding hydrogens is 613 g/mol. The molecule has 6 aromatic rings. The van der Waals surface area contributed by atoms with E-state index in [0.29, 0.717) is 0 Å². The highest BCUT2D eigenvalue weighted by atomic mass is 28.3. The van der Waals surface area contributed by atoms with Crippen LogP contribution in [0.3, 0.4) is 0 Å². The van der Waals surface area contributed by atoms with Crippen LogP contribution < -0.4 is 19.8 Å². The Balaban J connectivity index is 1.22. The van der Waals surface area contributed by atoms with Crippen molar-refractivity contribution in [2.45, 2.75) is 65.5 Å². The van der Waals surface area contributed by atoms with Crippen LogP contribution in [0, 0.1) is 13.8 Å². The lowest BCUT2D eigenvalue weighted by atomic mass is 9.74. The highest BCUT2D eigenvalue weighted by Crippen LogP contribution is 2.52. The summed E-state index contributed by atoms with van der Waals surface area (Å²) in [5, 5.41) is 2.80. The molecule has 0 radical (unpaired) electrons. The summed E-state index contributed by atoms with van der Waals surface area (Å²) in [5.74, 6) is 3.84. The Hall–Kier alpha value is -4.86. The fourth-order valence-electron chi connectivity index (χ4n) is 8.13. The Kier molecular flexibility index (Phi) is 7.10. The molecule has 0 saturated carbocycles. The molecule has 3 heteroatoms. The first-order chi connectivity index (χ1) is 23.4. The smallest absolute Gasteiger partial charge is 0.139 e. The predicted octanol–water partition coefficient (Wildman–Crippen LogP) is 11.3. The first-order valence-corrected chi connectivity index (χ1v) is 20.4. The van der Waals surface area contributed by atoms with Crippen molar-refractivity contribution in [2.75, 3.05) is 0 Å². The van der Waals surface area contributed by atoms with Crippen molar-refractivity contribution in [1.82, 2.24) is 0 Å². The van der Waals surface area contributed by atoms with Crippen LogP contribution in [0.1, 0.15) is 61.1 Å². The Labute approximate surface area is 292 Å². The van der Waals surface area contributed by atoms with E-state index in [4.69, 9.17) is 9.47 Å². The maximum atomic E-state index is 6.72. The lowest BCUT2D eigenvalue weighted by molar-refractivity contribution is 0.419. The molecule has 0 spiro atoms. The maximum Gasteiger partial charge on any atom is 0.139 e. The van der Waals surface area contributed by atoms with Crippen LogP contribution in [-0.4, -0.2) is 8.07 Å². The number of hydrogen-bond donors (Lipinski definition) is 0. The first kappa shape index (κ1) is 31.4. The number of benzene rings is 6. The monoisotopic (exact) mass is 656 g/mol. The minimum absolute atomic E-state index is 0.157. The first-order valence-electron chi connectivity index (χ1n) is 17.4. The number of aryl methyl sites for hydroxylation is 2. The third-order valence-corrected chi connectivity index (χ3v) is 14.9. The zero-order valence-electron chi connectivity index (χ0n) is 29.9. The summed E-state index contributed by atoms with van der Waals surface area (Å²) in [5.41, 5.74) is 11.9. The van der Waals surface area contributed by atoms with Crippen molar-refractivity contribution in [3.8, 4) is 45.3 Å². The van der Waals surface area contributed by atoms with Crippen molar-refractivity contribution in [1.29, 1.82) is 0 Å². The normalized spacial score (nSPS) is 15.2. The van der Waals surface area contributed by atoms with Gasteiger partial charge in [0.2, 0.25) is 0 Å². The fraction of sp³-hybridized carbons (Fsp3) is 0.217. The minimum atomic E-state index is -2.15. The van der Waals surface area contributed by atoms with Crippen molar-refractivity contribution >= 4 is 18.4 Å². The summed E-state index contributed by atoms with van der Waals surface area (Å²) in [7, 11) is -2.15. The summed E-state index contributed by atoms with van der Waals surface area (Å²) in [4.78, 5) is 0. The van der Waals surface area contributed by atoms with Crippen molar-refractivity contribution < 1.29 is 9.47 Å². The molecule has 8 rings (SSSR count). The van der Waals surface area contributed by atoms with Crippen molar-refractivity contribution in [3.05, 3.63) is 155 Å². The van der Waals surface area contributed by atoms with E-state index in [1.54, 1.807) is 0 Å². The minimum Gasteiger partial charge on any atom is -0.456 e. The summed E-state index contributed by atoms with van der Waals surface area (Å²) < 4.78 is 13.4. The third-order valence-electron chi connectivity index (χ3n) is 11.4. The quantitative estimate of drug-likeness (QED) is 0.176. The summed E-state index contributed by atoms with van der Waals surface area (Å²) in [6.07, 6.45) is 0. The summed E-state index contributed by atoms with van der Waals surface area (Å²) >= 11 is 0. The molecule has 244 valence electrons. The third kappa shape index (κ3) is 4.81. The highest BCUT2D eigenvalue weighted by Gasteiger charge is 2.37. The second kappa shape index (κ2) is 11.1. The zero-order valence-corrected chi connectivity index (χ0v) is 30.9. The molecule has 0 unspecified atom stereocenters. The van der Waals surface area contributed by atoms with Gasteiger partial charge in [-0.1, -0.05) is 160 Å². The van der Waals surface area contributed by atoms with Gasteiger partial charge >= 0.3 is 0 Å².